The topological polar surface area (TPSA) is 71.3 Å². The molecule has 0 aliphatic heterocycles. The SMILES string of the molecule is CCCNCc1ccc(S(=O)(=O)Nc2ccc(I)cc2)o1. The molecule has 0 radical (unpaired) electrons. The van der Waals surface area contributed by atoms with Crippen molar-refractivity contribution in [1.29, 1.82) is 0 Å². The van der Waals surface area contributed by atoms with Crippen molar-refractivity contribution < 1.29 is 12.8 Å². The Balaban J connectivity index is 2.07. The fraction of sp³-hybridized carbons (Fsp3) is 0.286. The quantitative estimate of drug-likeness (QED) is 0.533. The molecule has 0 fully saturated rings. The van der Waals surface area contributed by atoms with Crippen molar-refractivity contribution in [3.8, 4) is 0 Å². The molecule has 1 aromatic heterocycles. The number of nitrogens with one attached hydrogen (secondary N) is 2. The summed E-state index contributed by atoms with van der Waals surface area (Å²) in [6.45, 7) is 3.45. The van der Waals surface area contributed by atoms with E-state index in [0.717, 1.165) is 16.5 Å². The van der Waals surface area contributed by atoms with Crippen LogP contribution in [0.3, 0.4) is 0 Å². The average Bonchev–Trinajstić information content (AvgIpc) is 2.91. The molecule has 2 rings (SSSR count). The van der Waals surface area contributed by atoms with E-state index in [4.69, 9.17) is 4.42 Å². The van der Waals surface area contributed by atoms with Gasteiger partial charge in [0.05, 0.1) is 6.54 Å². The van der Waals surface area contributed by atoms with Crippen molar-refractivity contribution in [2.45, 2.75) is 25.0 Å². The van der Waals surface area contributed by atoms with Gasteiger partial charge in [-0.1, -0.05) is 6.92 Å². The molecule has 21 heavy (non-hydrogen) atoms. The Kier molecular flexibility index (Phi) is 5.65. The zero-order chi connectivity index (χ0) is 15.3. The Morgan fingerprint density at radius 3 is 2.52 bits per heavy atom. The van der Waals surface area contributed by atoms with Crippen LogP contribution in [0.15, 0.2) is 45.9 Å². The van der Waals surface area contributed by atoms with Crippen molar-refractivity contribution in [2.75, 3.05) is 11.3 Å². The van der Waals surface area contributed by atoms with Crippen molar-refractivity contribution in [3.63, 3.8) is 0 Å². The molecule has 0 aliphatic carbocycles. The normalized spacial score (nSPS) is 11.5. The predicted octanol–water partition coefficient (Wildman–Crippen LogP) is 3.18. The number of halogens is 1. The summed E-state index contributed by atoms with van der Waals surface area (Å²) >= 11 is 2.16. The Hall–Kier alpha value is -1.06. The predicted molar refractivity (Wildman–Crippen MR) is 90.7 cm³/mol. The molecule has 5 nitrogen and oxygen atoms in total. The lowest BCUT2D eigenvalue weighted by Crippen LogP contribution is -2.14. The third-order valence-electron chi connectivity index (χ3n) is 2.72. The van der Waals surface area contributed by atoms with Crippen LogP contribution >= 0.6 is 22.6 Å². The third kappa shape index (κ3) is 4.72. The smallest absolute Gasteiger partial charge is 0.295 e. The van der Waals surface area contributed by atoms with Crippen LogP contribution in [0.1, 0.15) is 19.1 Å². The van der Waals surface area contributed by atoms with Gasteiger partial charge < -0.3 is 9.73 Å². The van der Waals surface area contributed by atoms with Crippen molar-refractivity contribution in [1.82, 2.24) is 5.32 Å². The second kappa shape index (κ2) is 7.28. The summed E-state index contributed by atoms with van der Waals surface area (Å²) in [5, 5.41) is 3.09. The van der Waals surface area contributed by atoms with E-state index >= 15 is 0 Å². The molecule has 0 aliphatic rings. The molecule has 0 saturated carbocycles. The summed E-state index contributed by atoms with van der Waals surface area (Å²) in [7, 11) is -3.68. The van der Waals surface area contributed by atoms with Gasteiger partial charge in [-0.15, -0.1) is 0 Å². The Morgan fingerprint density at radius 1 is 1.14 bits per heavy atom. The summed E-state index contributed by atoms with van der Waals surface area (Å²) in [5.41, 5.74) is 0.512. The van der Waals surface area contributed by atoms with Crippen LogP contribution in [-0.2, 0) is 16.6 Å². The molecule has 2 aromatic rings. The lowest BCUT2D eigenvalue weighted by atomic mass is 10.3. The van der Waals surface area contributed by atoms with E-state index in [1.54, 1.807) is 18.2 Å². The van der Waals surface area contributed by atoms with Gasteiger partial charge >= 0.3 is 0 Å². The number of anilines is 1. The summed E-state index contributed by atoms with van der Waals surface area (Å²) < 4.78 is 33.3. The zero-order valence-electron chi connectivity index (χ0n) is 11.6. The minimum Gasteiger partial charge on any atom is -0.446 e. The maximum absolute atomic E-state index is 12.2. The standard InChI is InChI=1S/C14H17IN2O3S/c1-2-9-16-10-13-7-8-14(20-13)21(18,19)17-12-5-3-11(15)4-6-12/h3-8,16-17H,2,9-10H2,1H3. The van der Waals surface area contributed by atoms with E-state index in [1.165, 1.54) is 6.07 Å². The molecule has 0 unspecified atom stereocenters. The Morgan fingerprint density at radius 2 is 1.86 bits per heavy atom. The van der Waals surface area contributed by atoms with Crippen molar-refractivity contribution in [3.05, 3.63) is 45.7 Å². The van der Waals surface area contributed by atoms with Crippen LogP contribution in [0.2, 0.25) is 0 Å². The molecule has 0 spiro atoms. The van der Waals surface area contributed by atoms with Crippen LogP contribution in [0.4, 0.5) is 5.69 Å². The van der Waals surface area contributed by atoms with Crippen LogP contribution in [0.25, 0.3) is 0 Å². The summed E-state index contributed by atoms with van der Waals surface area (Å²) in [4.78, 5) is 0. The molecular formula is C14H17IN2O3S. The Bertz CT molecular complexity index is 680. The molecule has 1 heterocycles. The number of rotatable bonds is 7. The second-order valence-electron chi connectivity index (χ2n) is 4.51. The van der Waals surface area contributed by atoms with Crippen LogP contribution in [0.5, 0.6) is 0 Å². The van der Waals surface area contributed by atoms with Gasteiger partial charge in [-0.25, -0.2) is 0 Å². The van der Waals surface area contributed by atoms with Crippen LogP contribution < -0.4 is 10.0 Å². The highest BCUT2D eigenvalue weighted by molar-refractivity contribution is 14.1. The highest BCUT2D eigenvalue weighted by Crippen LogP contribution is 2.19. The first-order valence-electron chi connectivity index (χ1n) is 6.59. The van der Waals surface area contributed by atoms with Gasteiger partial charge in [0.25, 0.3) is 10.0 Å². The number of hydrogen-bond acceptors (Lipinski definition) is 4. The lowest BCUT2D eigenvalue weighted by Gasteiger charge is -2.05. The summed E-state index contributed by atoms with van der Waals surface area (Å²) in [6, 6.07) is 10.2. The van der Waals surface area contributed by atoms with E-state index in [2.05, 4.69) is 39.6 Å². The fourth-order valence-electron chi connectivity index (χ4n) is 1.71. The highest BCUT2D eigenvalue weighted by Gasteiger charge is 2.18. The van der Waals surface area contributed by atoms with E-state index < -0.39 is 10.0 Å². The van der Waals surface area contributed by atoms with E-state index in [9.17, 15) is 8.42 Å². The van der Waals surface area contributed by atoms with Crippen molar-refractivity contribution >= 4 is 38.3 Å². The van der Waals surface area contributed by atoms with Gasteiger partial charge in [-0.3, -0.25) is 4.72 Å². The number of benzene rings is 1. The minimum atomic E-state index is -3.68. The number of furan rings is 1. The van der Waals surface area contributed by atoms with Gasteiger partial charge in [0, 0.05) is 9.26 Å². The zero-order valence-corrected chi connectivity index (χ0v) is 14.6. The van der Waals surface area contributed by atoms with Gasteiger partial charge in [0.2, 0.25) is 5.09 Å². The molecule has 7 heteroatoms. The lowest BCUT2D eigenvalue weighted by molar-refractivity contribution is 0.403. The second-order valence-corrected chi connectivity index (χ2v) is 7.37. The van der Waals surface area contributed by atoms with Crippen LogP contribution in [0, 0.1) is 3.57 Å². The first-order chi connectivity index (χ1) is 10.0. The molecule has 0 amide bonds. The number of sulfonamides is 1. The molecule has 1 aromatic carbocycles. The molecular weight excluding hydrogens is 403 g/mol. The molecule has 0 atom stereocenters. The van der Waals surface area contributed by atoms with E-state index in [0.29, 0.717) is 18.0 Å². The van der Waals surface area contributed by atoms with Gasteiger partial charge in [-0.2, -0.15) is 8.42 Å². The highest BCUT2D eigenvalue weighted by atomic mass is 127. The number of hydrogen-bond donors (Lipinski definition) is 2. The van der Waals surface area contributed by atoms with Gasteiger partial charge in [0.15, 0.2) is 0 Å². The van der Waals surface area contributed by atoms with E-state index in [-0.39, 0.29) is 5.09 Å². The first-order valence-corrected chi connectivity index (χ1v) is 9.15. The maximum atomic E-state index is 12.2. The summed E-state index contributed by atoms with van der Waals surface area (Å²) in [5.74, 6) is 0.603. The van der Waals surface area contributed by atoms with Crippen LogP contribution in [-0.4, -0.2) is 15.0 Å². The molecule has 0 saturated heterocycles. The summed E-state index contributed by atoms with van der Waals surface area (Å²) in [6.07, 6.45) is 1.01. The third-order valence-corrected chi connectivity index (χ3v) is 4.70. The Labute approximate surface area is 138 Å². The van der Waals surface area contributed by atoms with Crippen molar-refractivity contribution in [2.24, 2.45) is 0 Å². The average molecular weight is 420 g/mol. The largest absolute Gasteiger partial charge is 0.446 e. The van der Waals surface area contributed by atoms with Gasteiger partial charge in [-0.05, 0) is 72.0 Å². The molecule has 114 valence electrons. The molecule has 2 N–H and O–H groups in total. The van der Waals surface area contributed by atoms with E-state index in [1.807, 2.05) is 12.1 Å². The minimum absolute atomic E-state index is 0.0747. The first kappa shape index (κ1) is 16.3. The molecule has 0 bridgehead atoms. The van der Waals surface area contributed by atoms with Gasteiger partial charge in [0.1, 0.15) is 5.76 Å². The maximum Gasteiger partial charge on any atom is 0.295 e. The monoisotopic (exact) mass is 420 g/mol. The fourth-order valence-corrected chi connectivity index (χ4v) is 3.08.